The van der Waals surface area contributed by atoms with Gasteiger partial charge in [0.2, 0.25) is 11.8 Å². The second-order valence-corrected chi connectivity index (χ2v) is 7.44. The predicted molar refractivity (Wildman–Crippen MR) is 104 cm³/mol. The fourth-order valence-corrected chi connectivity index (χ4v) is 3.33. The Bertz CT molecular complexity index is 831. The van der Waals surface area contributed by atoms with Crippen LogP contribution < -0.4 is 10.2 Å². The first-order valence-corrected chi connectivity index (χ1v) is 9.35. The molecule has 0 bridgehead atoms. The highest BCUT2D eigenvalue weighted by Gasteiger charge is 2.25. The van der Waals surface area contributed by atoms with Gasteiger partial charge in [0.05, 0.1) is 6.42 Å². The Hall–Kier alpha value is -2.69. The van der Waals surface area contributed by atoms with Crippen molar-refractivity contribution >= 4 is 17.5 Å². The van der Waals surface area contributed by atoms with E-state index in [2.05, 4.69) is 11.4 Å². The largest absolute Gasteiger partial charge is 0.352 e. The van der Waals surface area contributed by atoms with E-state index in [9.17, 15) is 14.0 Å². The normalized spacial score (nSPS) is 13.0. The van der Waals surface area contributed by atoms with Gasteiger partial charge in [-0.2, -0.15) is 0 Å². The lowest BCUT2D eigenvalue weighted by molar-refractivity contribution is -0.121. The summed E-state index contributed by atoms with van der Waals surface area (Å²) in [5.74, 6) is 0.107. The number of nitrogens with zero attached hydrogens (tertiary/aromatic N) is 1. The van der Waals surface area contributed by atoms with Crippen LogP contribution in [0.1, 0.15) is 37.0 Å². The number of hydrogen-bond acceptors (Lipinski definition) is 2. The van der Waals surface area contributed by atoms with Crippen molar-refractivity contribution in [2.45, 2.75) is 39.7 Å². The average Bonchev–Trinajstić information content (AvgIpc) is 3.05. The summed E-state index contributed by atoms with van der Waals surface area (Å²) in [6.07, 6.45) is 1.62. The maximum absolute atomic E-state index is 12.9. The molecule has 0 saturated heterocycles. The molecule has 0 fully saturated rings. The maximum Gasteiger partial charge on any atom is 0.227 e. The summed E-state index contributed by atoms with van der Waals surface area (Å²) in [5, 5.41) is 2.90. The van der Waals surface area contributed by atoms with Crippen LogP contribution in [0.2, 0.25) is 0 Å². The van der Waals surface area contributed by atoms with Gasteiger partial charge in [-0.15, -0.1) is 0 Å². The number of nitrogens with one attached hydrogen (secondary N) is 1. The first-order chi connectivity index (χ1) is 12.9. The molecule has 1 N–H and O–H groups in total. The van der Waals surface area contributed by atoms with E-state index in [1.165, 1.54) is 12.1 Å². The summed E-state index contributed by atoms with van der Waals surface area (Å²) in [7, 11) is 0. The lowest BCUT2D eigenvalue weighted by atomic mass is 10.1. The van der Waals surface area contributed by atoms with E-state index >= 15 is 0 Å². The number of benzene rings is 2. The van der Waals surface area contributed by atoms with Crippen LogP contribution in [0.4, 0.5) is 10.1 Å². The molecular formula is C22H25FN2O2. The minimum absolute atomic E-state index is 0.101. The van der Waals surface area contributed by atoms with E-state index in [1.54, 1.807) is 12.1 Å². The highest BCUT2D eigenvalue weighted by molar-refractivity contribution is 5.95. The number of fused-ring (bicyclic) bond motifs is 1. The maximum atomic E-state index is 12.9. The Labute approximate surface area is 159 Å². The molecular weight excluding hydrogens is 343 g/mol. The van der Waals surface area contributed by atoms with Gasteiger partial charge in [-0.3, -0.25) is 9.59 Å². The SMILES string of the molecule is CC(C)CC(=O)N1CCc2cc(CNC(=O)Cc3ccc(F)cc3)ccc21. The average molecular weight is 368 g/mol. The van der Waals surface area contributed by atoms with E-state index < -0.39 is 0 Å². The third kappa shape index (κ3) is 4.94. The topological polar surface area (TPSA) is 49.4 Å². The summed E-state index contributed by atoms with van der Waals surface area (Å²) in [5.41, 5.74) is 3.93. The third-order valence-corrected chi connectivity index (χ3v) is 4.69. The number of hydrogen-bond donors (Lipinski definition) is 1. The molecule has 5 heteroatoms. The number of rotatable bonds is 6. The van der Waals surface area contributed by atoms with Gasteiger partial charge in [0, 0.05) is 25.2 Å². The Morgan fingerprint density at radius 1 is 1.11 bits per heavy atom. The zero-order chi connectivity index (χ0) is 19.4. The molecule has 1 heterocycles. The van der Waals surface area contributed by atoms with Crippen LogP contribution >= 0.6 is 0 Å². The Morgan fingerprint density at radius 2 is 1.81 bits per heavy atom. The smallest absolute Gasteiger partial charge is 0.227 e. The lowest BCUT2D eigenvalue weighted by Gasteiger charge is -2.18. The lowest BCUT2D eigenvalue weighted by Crippen LogP contribution is -2.29. The summed E-state index contributed by atoms with van der Waals surface area (Å²) in [4.78, 5) is 26.3. The third-order valence-electron chi connectivity index (χ3n) is 4.69. The quantitative estimate of drug-likeness (QED) is 0.847. The van der Waals surface area contributed by atoms with Crippen LogP contribution in [0.25, 0.3) is 0 Å². The number of anilines is 1. The molecule has 2 aromatic rings. The van der Waals surface area contributed by atoms with Crippen LogP contribution in [-0.2, 0) is 29.0 Å². The first kappa shape index (κ1) is 19.1. The van der Waals surface area contributed by atoms with Crippen molar-refractivity contribution in [1.29, 1.82) is 0 Å². The fourth-order valence-electron chi connectivity index (χ4n) is 3.33. The highest BCUT2D eigenvalue weighted by atomic mass is 19.1. The van der Waals surface area contributed by atoms with Gasteiger partial charge in [0.25, 0.3) is 0 Å². The molecule has 142 valence electrons. The van der Waals surface area contributed by atoms with Crippen LogP contribution in [0.3, 0.4) is 0 Å². The zero-order valence-electron chi connectivity index (χ0n) is 15.8. The highest BCUT2D eigenvalue weighted by Crippen LogP contribution is 2.30. The van der Waals surface area contributed by atoms with Crippen molar-refractivity contribution in [3.63, 3.8) is 0 Å². The number of carbonyl (C=O) groups is 2. The van der Waals surface area contributed by atoms with Crippen molar-refractivity contribution in [2.24, 2.45) is 5.92 Å². The summed E-state index contributed by atoms with van der Waals surface area (Å²) in [6, 6.07) is 11.9. The van der Waals surface area contributed by atoms with E-state index in [1.807, 2.05) is 30.9 Å². The first-order valence-electron chi connectivity index (χ1n) is 9.35. The second kappa shape index (κ2) is 8.33. The zero-order valence-corrected chi connectivity index (χ0v) is 15.8. The van der Waals surface area contributed by atoms with Gasteiger partial charge in [0.1, 0.15) is 5.82 Å². The standard InChI is InChI=1S/C22H25FN2O2/c1-15(2)11-22(27)25-10-9-18-12-17(5-8-20(18)25)14-24-21(26)13-16-3-6-19(23)7-4-16/h3-8,12,15H,9-11,13-14H2,1-2H3,(H,24,26). The second-order valence-electron chi connectivity index (χ2n) is 7.44. The van der Waals surface area contributed by atoms with E-state index in [4.69, 9.17) is 0 Å². The summed E-state index contributed by atoms with van der Waals surface area (Å²) >= 11 is 0. The molecule has 2 amide bonds. The molecule has 1 aliphatic rings. The van der Waals surface area contributed by atoms with Gasteiger partial charge in [-0.1, -0.05) is 38.1 Å². The van der Waals surface area contributed by atoms with Crippen LogP contribution in [0, 0.1) is 11.7 Å². The van der Waals surface area contributed by atoms with E-state index in [-0.39, 0.29) is 24.1 Å². The molecule has 0 unspecified atom stereocenters. The molecule has 0 radical (unpaired) electrons. The molecule has 0 atom stereocenters. The number of amides is 2. The Balaban J connectivity index is 1.57. The van der Waals surface area contributed by atoms with Crippen molar-refractivity contribution in [1.82, 2.24) is 5.32 Å². The molecule has 27 heavy (non-hydrogen) atoms. The summed E-state index contributed by atoms with van der Waals surface area (Å²) < 4.78 is 12.9. The van der Waals surface area contributed by atoms with Gasteiger partial charge in [-0.05, 0) is 47.2 Å². The summed E-state index contributed by atoms with van der Waals surface area (Å²) in [6.45, 7) is 5.26. The molecule has 3 rings (SSSR count). The van der Waals surface area contributed by atoms with Crippen molar-refractivity contribution in [2.75, 3.05) is 11.4 Å². The molecule has 1 aliphatic heterocycles. The molecule has 0 saturated carbocycles. The van der Waals surface area contributed by atoms with Crippen LogP contribution in [-0.4, -0.2) is 18.4 Å². The van der Waals surface area contributed by atoms with Crippen LogP contribution in [0.15, 0.2) is 42.5 Å². The van der Waals surface area contributed by atoms with Gasteiger partial charge in [0.15, 0.2) is 0 Å². The molecule has 0 spiro atoms. The van der Waals surface area contributed by atoms with Gasteiger partial charge < -0.3 is 10.2 Å². The van der Waals surface area contributed by atoms with Gasteiger partial charge in [-0.25, -0.2) is 4.39 Å². The fraction of sp³-hybridized carbons (Fsp3) is 0.364. The van der Waals surface area contributed by atoms with Crippen LogP contribution in [0.5, 0.6) is 0 Å². The number of carbonyl (C=O) groups excluding carboxylic acids is 2. The predicted octanol–water partition coefficient (Wildman–Crippen LogP) is 3.62. The monoisotopic (exact) mass is 368 g/mol. The molecule has 0 aromatic heterocycles. The minimum Gasteiger partial charge on any atom is -0.352 e. The molecule has 2 aromatic carbocycles. The van der Waals surface area contributed by atoms with Gasteiger partial charge >= 0.3 is 0 Å². The molecule has 4 nitrogen and oxygen atoms in total. The Morgan fingerprint density at radius 3 is 2.52 bits per heavy atom. The van der Waals surface area contributed by atoms with Crippen molar-refractivity contribution in [3.05, 3.63) is 65.0 Å². The molecule has 0 aliphatic carbocycles. The number of halogens is 1. The van der Waals surface area contributed by atoms with Crippen molar-refractivity contribution in [3.8, 4) is 0 Å². The Kier molecular flexibility index (Phi) is 5.89. The van der Waals surface area contributed by atoms with E-state index in [0.717, 1.165) is 35.3 Å². The minimum atomic E-state index is -0.307. The van der Waals surface area contributed by atoms with E-state index in [0.29, 0.717) is 18.9 Å². The van der Waals surface area contributed by atoms with Crippen molar-refractivity contribution < 1.29 is 14.0 Å².